The van der Waals surface area contributed by atoms with E-state index < -0.39 is 0 Å². The number of likely N-dealkylation sites (tertiary alicyclic amines) is 1. The standard InChI is InChI=1S/C15H20ClN3O2/c1-10-4-3-7-19(9-10)15(21)18-12-5-6-14(13(16)8-12)17-11(2)20/h5-6,8,10H,3-4,7,9H2,1-2H3,(H,17,20)(H,18,21). The van der Waals surface area contributed by atoms with Crippen LogP contribution in [0.25, 0.3) is 0 Å². The largest absolute Gasteiger partial charge is 0.325 e. The highest BCUT2D eigenvalue weighted by molar-refractivity contribution is 6.34. The van der Waals surface area contributed by atoms with Crippen molar-refractivity contribution in [3.05, 3.63) is 23.2 Å². The number of carbonyl (C=O) groups excluding carboxylic acids is 2. The summed E-state index contributed by atoms with van der Waals surface area (Å²) >= 11 is 6.09. The first kappa shape index (κ1) is 15.6. The van der Waals surface area contributed by atoms with E-state index in [9.17, 15) is 9.59 Å². The Morgan fingerprint density at radius 2 is 2.10 bits per heavy atom. The zero-order chi connectivity index (χ0) is 15.4. The highest BCUT2D eigenvalue weighted by Gasteiger charge is 2.21. The molecule has 1 heterocycles. The van der Waals surface area contributed by atoms with E-state index in [0.29, 0.717) is 22.3 Å². The van der Waals surface area contributed by atoms with Crippen LogP contribution >= 0.6 is 11.6 Å². The molecule has 1 aliphatic heterocycles. The number of carbonyl (C=O) groups is 2. The summed E-state index contributed by atoms with van der Waals surface area (Å²) in [4.78, 5) is 25.0. The van der Waals surface area contributed by atoms with Gasteiger partial charge in [0.2, 0.25) is 5.91 Å². The van der Waals surface area contributed by atoms with E-state index >= 15 is 0 Å². The SMILES string of the molecule is CC(=O)Nc1ccc(NC(=O)N2CCCC(C)C2)cc1Cl. The first-order valence-electron chi connectivity index (χ1n) is 7.09. The van der Waals surface area contributed by atoms with Crippen LogP contribution in [0.1, 0.15) is 26.7 Å². The van der Waals surface area contributed by atoms with Crippen LogP contribution in [0, 0.1) is 5.92 Å². The molecule has 6 heteroatoms. The van der Waals surface area contributed by atoms with Gasteiger partial charge in [-0.2, -0.15) is 0 Å². The maximum Gasteiger partial charge on any atom is 0.321 e. The van der Waals surface area contributed by atoms with Gasteiger partial charge in [-0.05, 0) is 37.0 Å². The zero-order valence-electron chi connectivity index (χ0n) is 12.3. The van der Waals surface area contributed by atoms with Gasteiger partial charge in [-0.3, -0.25) is 4.79 Å². The molecule has 0 bridgehead atoms. The number of urea groups is 1. The fourth-order valence-electron chi connectivity index (χ4n) is 2.46. The van der Waals surface area contributed by atoms with Crippen molar-refractivity contribution in [3.8, 4) is 0 Å². The van der Waals surface area contributed by atoms with Crippen molar-refractivity contribution in [2.45, 2.75) is 26.7 Å². The Bertz CT molecular complexity index is 548. The number of nitrogens with zero attached hydrogens (tertiary/aromatic N) is 1. The third kappa shape index (κ3) is 4.36. The van der Waals surface area contributed by atoms with E-state index in [1.807, 2.05) is 4.90 Å². The Hall–Kier alpha value is -1.75. The maximum atomic E-state index is 12.2. The molecule has 5 nitrogen and oxygen atoms in total. The summed E-state index contributed by atoms with van der Waals surface area (Å²) in [5, 5.41) is 5.87. The lowest BCUT2D eigenvalue weighted by molar-refractivity contribution is -0.114. The van der Waals surface area contributed by atoms with Gasteiger partial charge in [0, 0.05) is 25.7 Å². The van der Waals surface area contributed by atoms with Crippen molar-refractivity contribution < 1.29 is 9.59 Å². The minimum absolute atomic E-state index is 0.107. The van der Waals surface area contributed by atoms with Crippen LogP contribution in [-0.2, 0) is 4.79 Å². The van der Waals surface area contributed by atoms with Crippen LogP contribution in [0.15, 0.2) is 18.2 Å². The molecule has 1 aromatic carbocycles. The molecule has 1 aliphatic rings. The van der Waals surface area contributed by atoms with Crippen LogP contribution in [-0.4, -0.2) is 29.9 Å². The summed E-state index contributed by atoms with van der Waals surface area (Å²) in [5.41, 5.74) is 1.16. The molecule has 0 spiro atoms. The number of halogens is 1. The number of anilines is 2. The van der Waals surface area contributed by atoms with Crippen LogP contribution < -0.4 is 10.6 Å². The lowest BCUT2D eigenvalue weighted by Crippen LogP contribution is -2.41. The number of rotatable bonds is 2. The van der Waals surface area contributed by atoms with Crippen LogP contribution in [0.5, 0.6) is 0 Å². The van der Waals surface area contributed by atoms with Gasteiger partial charge in [0.05, 0.1) is 10.7 Å². The Morgan fingerprint density at radius 3 is 2.71 bits per heavy atom. The number of nitrogens with one attached hydrogen (secondary N) is 2. The molecular weight excluding hydrogens is 290 g/mol. The molecule has 2 rings (SSSR count). The summed E-state index contributed by atoms with van der Waals surface area (Å²) in [5.74, 6) is 0.353. The van der Waals surface area contributed by atoms with Gasteiger partial charge < -0.3 is 15.5 Å². The predicted octanol–water partition coefficient (Wildman–Crippen LogP) is 3.56. The average Bonchev–Trinajstić information content (AvgIpc) is 2.41. The Kier molecular flexibility index (Phi) is 5.07. The summed E-state index contributed by atoms with van der Waals surface area (Å²) in [7, 11) is 0. The highest BCUT2D eigenvalue weighted by Crippen LogP contribution is 2.26. The Morgan fingerprint density at radius 1 is 1.33 bits per heavy atom. The smallest absolute Gasteiger partial charge is 0.321 e. The number of hydrogen-bond donors (Lipinski definition) is 2. The Balaban J connectivity index is 2.00. The van der Waals surface area contributed by atoms with Gasteiger partial charge in [-0.15, -0.1) is 0 Å². The summed E-state index contributed by atoms with van der Waals surface area (Å²) in [6.07, 6.45) is 2.21. The molecule has 1 saturated heterocycles. The lowest BCUT2D eigenvalue weighted by atomic mass is 10.0. The lowest BCUT2D eigenvalue weighted by Gasteiger charge is -2.31. The zero-order valence-corrected chi connectivity index (χ0v) is 13.0. The molecule has 1 atom stereocenters. The molecule has 1 fully saturated rings. The number of piperidine rings is 1. The van der Waals surface area contributed by atoms with E-state index in [0.717, 1.165) is 19.5 Å². The van der Waals surface area contributed by atoms with Crippen molar-refractivity contribution in [2.24, 2.45) is 5.92 Å². The van der Waals surface area contributed by atoms with Gasteiger partial charge in [0.1, 0.15) is 0 Å². The summed E-state index contributed by atoms with van der Waals surface area (Å²) < 4.78 is 0. The van der Waals surface area contributed by atoms with E-state index in [1.54, 1.807) is 18.2 Å². The maximum absolute atomic E-state index is 12.2. The molecule has 2 N–H and O–H groups in total. The monoisotopic (exact) mass is 309 g/mol. The number of amides is 3. The third-order valence-corrected chi connectivity index (χ3v) is 3.79. The number of benzene rings is 1. The normalized spacial score (nSPS) is 18.2. The van der Waals surface area contributed by atoms with Crippen molar-refractivity contribution in [2.75, 3.05) is 23.7 Å². The molecule has 1 aromatic rings. The molecule has 0 aliphatic carbocycles. The fraction of sp³-hybridized carbons (Fsp3) is 0.467. The molecule has 1 unspecified atom stereocenters. The van der Waals surface area contributed by atoms with Gasteiger partial charge in [-0.1, -0.05) is 18.5 Å². The number of hydrogen-bond acceptors (Lipinski definition) is 2. The van der Waals surface area contributed by atoms with Gasteiger partial charge >= 0.3 is 6.03 Å². The molecule has 3 amide bonds. The second-order valence-corrected chi connectivity index (χ2v) is 5.91. The molecule has 114 valence electrons. The van der Waals surface area contributed by atoms with E-state index in [4.69, 9.17) is 11.6 Å². The highest BCUT2D eigenvalue weighted by atomic mass is 35.5. The summed E-state index contributed by atoms with van der Waals surface area (Å²) in [6.45, 7) is 5.14. The van der Waals surface area contributed by atoms with Crippen molar-refractivity contribution >= 4 is 34.9 Å². The van der Waals surface area contributed by atoms with Gasteiger partial charge in [-0.25, -0.2) is 4.79 Å². The van der Waals surface area contributed by atoms with Gasteiger partial charge in [0.15, 0.2) is 0 Å². The third-order valence-electron chi connectivity index (χ3n) is 3.48. The van der Waals surface area contributed by atoms with Crippen LogP contribution in [0.2, 0.25) is 5.02 Å². The van der Waals surface area contributed by atoms with Crippen molar-refractivity contribution in [1.29, 1.82) is 0 Å². The second-order valence-electron chi connectivity index (χ2n) is 5.50. The molecule has 0 aromatic heterocycles. The summed E-state index contributed by atoms with van der Waals surface area (Å²) in [6, 6.07) is 4.93. The molecule has 21 heavy (non-hydrogen) atoms. The van der Waals surface area contributed by atoms with Crippen LogP contribution in [0.4, 0.5) is 16.2 Å². The second kappa shape index (κ2) is 6.80. The average molecular weight is 310 g/mol. The van der Waals surface area contributed by atoms with Crippen molar-refractivity contribution in [1.82, 2.24) is 4.90 Å². The molecule has 0 radical (unpaired) electrons. The van der Waals surface area contributed by atoms with Gasteiger partial charge in [0.25, 0.3) is 0 Å². The minimum atomic E-state index is -0.184. The molecular formula is C15H20ClN3O2. The van der Waals surface area contributed by atoms with Crippen LogP contribution in [0.3, 0.4) is 0 Å². The van der Waals surface area contributed by atoms with Crippen molar-refractivity contribution in [3.63, 3.8) is 0 Å². The van der Waals surface area contributed by atoms with E-state index in [2.05, 4.69) is 17.6 Å². The predicted molar refractivity (Wildman–Crippen MR) is 84.7 cm³/mol. The fourth-order valence-corrected chi connectivity index (χ4v) is 2.69. The topological polar surface area (TPSA) is 61.4 Å². The quantitative estimate of drug-likeness (QED) is 0.877. The first-order valence-corrected chi connectivity index (χ1v) is 7.46. The molecule has 0 saturated carbocycles. The van der Waals surface area contributed by atoms with E-state index in [-0.39, 0.29) is 11.9 Å². The van der Waals surface area contributed by atoms with E-state index in [1.165, 1.54) is 13.3 Å². The first-order chi connectivity index (χ1) is 9.95. The Labute approximate surface area is 129 Å². The minimum Gasteiger partial charge on any atom is -0.325 e.